The molecule has 4 aromatic rings. The molecule has 34 heavy (non-hydrogen) atoms. The largest absolute Gasteiger partial charge is 0.492 e. The molecule has 1 amide bonds. The van der Waals surface area contributed by atoms with Crippen LogP contribution in [0.3, 0.4) is 0 Å². The standard InChI is InChI=1S/C24H22B2F2N4O2/c1-3-34-20-7-6-14(16-11-31(2)30-21(16)20)13-9-18(27)17(19(28)10-13)12-32-23(33)15-5-4-8-29-22(15)24(32,25)26/h4-11H,3,12,25-26H2,1-2H3. The van der Waals surface area contributed by atoms with Crippen molar-refractivity contribution in [3.8, 4) is 16.9 Å². The van der Waals surface area contributed by atoms with E-state index in [1.165, 1.54) is 17.0 Å². The first kappa shape index (κ1) is 22.1. The van der Waals surface area contributed by atoms with Gasteiger partial charge in [-0.3, -0.25) is 14.5 Å². The molecule has 0 radical (unpaired) electrons. The Morgan fingerprint density at radius 1 is 1.12 bits per heavy atom. The lowest BCUT2D eigenvalue weighted by Gasteiger charge is -2.32. The Bertz CT molecular complexity index is 1430. The van der Waals surface area contributed by atoms with Gasteiger partial charge in [0, 0.05) is 35.7 Å². The second kappa shape index (κ2) is 7.97. The highest BCUT2D eigenvalue weighted by atomic mass is 19.1. The highest BCUT2D eigenvalue weighted by Gasteiger charge is 2.44. The molecule has 1 aliphatic rings. The maximum atomic E-state index is 15.3. The molecule has 5 rings (SSSR count). The number of rotatable bonds is 5. The predicted molar refractivity (Wildman–Crippen MR) is 130 cm³/mol. The maximum Gasteiger partial charge on any atom is 0.255 e. The predicted octanol–water partition coefficient (Wildman–Crippen LogP) is 2.34. The van der Waals surface area contributed by atoms with Crippen LogP contribution < -0.4 is 4.74 Å². The summed E-state index contributed by atoms with van der Waals surface area (Å²) < 4.78 is 37.9. The molecule has 170 valence electrons. The minimum Gasteiger partial charge on any atom is -0.492 e. The number of aryl methyl sites for hydroxylation is 1. The van der Waals surface area contributed by atoms with Crippen LogP contribution in [0.5, 0.6) is 5.75 Å². The normalized spacial score (nSPS) is 14.6. The number of nitrogens with zero attached hydrogens (tertiary/aromatic N) is 4. The Balaban J connectivity index is 1.54. The highest BCUT2D eigenvalue weighted by molar-refractivity contribution is 6.42. The van der Waals surface area contributed by atoms with Crippen LogP contribution in [0.2, 0.25) is 0 Å². The van der Waals surface area contributed by atoms with Gasteiger partial charge in [0.2, 0.25) is 0 Å². The SMILES string of the molecule is BC1(B)c2ncccc2C(=O)N1Cc1c(F)cc(-c2ccc(OCC)c3nn(C)cc23)cc1F. The number of carbonyl (C=O) groups is 1. The van der Waals surface area contributed by atoms with Gasteiger partial charge in [-0.2, -0.15) is 5.10 Å². The Kier molecular flexibility index (Phi) is 5.19. The molecule has 0 atom stereocenters. The number of hydrogen-bond donors (Lipinski definition) is 0. The molecular formula is C24H22B2F2N4O2. The van der Waals surface area contributed by atoms with E-state index >= 15 is 8.78 Å². The second-order valence-corrected chi connectivity index (χ2v) is 8.88. The van der Waals surface area contributed by atoms with Crippen molar-refractivity contribution in [3.63, 3.8) is 0 Å². The summed E-state index contributed by atoms with van der Waals surface area (Å²) in [4.78, 5) is 18.8. The molecule has 3 heterocycles. The fraction of sp³-hybridized carbons (Fsp3) is 0.208. The minimum absolute atomic E-state index is 0.161. The number of amides is 1. The fourth-order valence-corrected chi connectivity index (χ4v) is 4.65. The van der Waals surface area contributed by atoms with Gasteiger partial charge in [0.05, 0.1) is 24.4 Å². The van der Waals surface area contributed by atoms with Crippen LogP contribution in [-0.4, -0.2) is 47.9 Å². The van der Waals surface area contributed by atoms with E-state index in [2.05, 4.69) is 10.1 Å². The molecule has 0 bridgehead atoms. The van der Waals surface area contributed by atoms with Crippen LogP contribution in [0.15, 0.2) is 48.8 Å². The van der Waals surface area contributed by atoms with Crippen LogP contribution >= 0.6 is 0 Å². The van der Waals surface area contributed by atoms with E-state index in [1.54, 1.807) is 48.4 Å². The van der Waals surface area contributed by atoms with Crippen LogP contribution in [0.1, 0.15) is 28.5 Å². The molecule has 1 aliphatic heterocycles. The van der Waals surface area contributed by atoms with Crippen molar-refractivity contribution >= 4 is 32.5 Å². The maximum absolute atomic E-state index is 15.3. The Morgan fingerprint density at radius 2 is 1.85 bits per heavy atom. The molecule has 0 spiro atoms. The summed E-state index contributed by atoms with van der Waals surface area (Å²) in [7, 11) is 5.44. The Hall–Kier alpha value is -3.68. The number of halogens is 2. The van der Waals surface area contributed by atoms with Crippen LogP contribution in [-0.2, 0) is 18.9 Å². The van der Waals surface area contributed by atoms with E-state index in [1.807, 2.05) is 22.6 Å². The Labute approximate surface area is 197 Å². The topological polar surface area (TPSA) is 60.3 Å². The molecule has 0 saturated carbocycles. The molecule has 6 nitrogen and oxygen atoms in total. The van der Waals surface area contributed by atoms with Crippen LogP contribution in [0.4, 0.5) is 8.78 Å². The molecule has 0 N–H and O–H groups in total. The lowest BCUT2D eigenvalue weighted by atomic mass is 9.59. The summed E-state index contributed by atoms with van der Waals surface area (Å²) in [6.45, 7) is 2.16. The summed E-state index contributed by atoms with van der Waals surface area (Å²) in [5, 5.41) is 4.39. The van der Waals surface area contributed by atoms with E-state index in [0.29, 0.717) is 40.3 Å². The zero-order valence-electron chi connectivity index (χ0n) is 19.4. The lowest BCUT2D eigenvalue weighted by molar-refractivity contribution is 0.0727. The van der Waals surface area contributed by atoms with E-state index < -0.39 is 17.0 Å². The smallest absolute Gasteiger partial charge is 0.255 e. The summed E-state index contributed by atoms with van der Waals surface area (Å²) in [6.07, 6.45) is 3.41. The number of carbonyl (C=O) groups excluding carboxylic acids is 1. The summed E-state index contributed by atoms with van der Waals surface area (Å²) >= 11 is 0. The third-order valence-electron chi connectivity index (χ3n) is 6.36. The van der Waals surface area contributed by atoms with Crippen molar-refractivity contribution in [1.82, 2.24) is 19.7 Å². The van der Waals surface area contributed by atoms with E-state index in [-0.39, 0.29) is 18.0 Å². The molecule has 0 aliphatic carbocycles. The van der Waals surface area contributed by atoms with Crippen molar-refractivity contribution in [1.29, 1.82) is 0 Å². The molecule has 2 aromatic heterocycles. The van der Waals surface area contributed by atoms with E-state index in [4.69, 9.17) is 4.74 Å². The zero-order chi connectivity index (χ0) is 24.2. The van der Waals surface area contributed by atoms with Gasteiger partial charge in [-0.1, -0.05) is 0 Å². The number of aromatic nitrogens is 3. The van der Waals surface area contributed by atoms with E-state index in [0.717, 1.165) is 5.39 Å². The van der Waals surface area contributed by atoms with Gasteiger partial charge < -0.3 is 9.64 Å². The molecule has 0 saturated heterocycles. The number of pyridine rings is 1. The molecule has 10 heteroatoms. The van der Waals surface area contributed by atoms with Crippen LogP contribution in [0.25, 0.3) is 22.0 Å². The molecule has 0 fully saturated rings. The third kappa shape index (κ3) is 3.36. The van der Waals surface area contributed by atoms with Gasteiger partial charge in [0.15, 0.2) is 0 Å². The van der Waals surface area contributed by atoms with Gasteiger partial charge in [-0.05, 0) is 54.4 Å². The number of hydrogen-bond acceptors (Lipinski definition) is 4. The number of benzene rings is 2. The first-order valence-corrected chi connectivity index (χ1v) is 11.1. The van der Waals surface area contributed by atoms with Crippen molar-refractivity contribution in [2.45, 2.75) is 18.8 Å². The number of ether oxygens (including phenoxy) is 1. The number of fused-ring (bicyclic) bond motifs is 2. The average molecular weight is 458 g/mol. The first-order chi connectivity index (χ1) is 16.2. The van der Waals surface area contributed by atoms with Gasteiger partial charge in [-0.25, -0.2) is 8.78 Å². The second-order valence-electron chi connectivity index (χ2n) is 8.88. The summed E-state index contributed by atoms with van der Waals surface area (Å²) in [5.41, 5.74) is 2.55. The van der Waals surface area contributed by atoms with E-state index in [9.17, 15) is 4.79 Å². The van der Waals surface area contributed by atoms with Crippen molar-refractivity contribution < 1.29 is 18.3 Å². The van der Waals surface area contributed by atoms with Gasteiger partial charge >= 0.3 is 0 Å². The third-order valence-corrected chi connectivity index (χ3v) is 6.36. The monoisotopic (exact) mass is 458 g/mol. The van der Waals surface area contributed by atoms with Gasteiger partial charge in [0.25, 0.3) is 5.91 Å². The molecule has 0 unspecified atom stereocenters. The minimum atomic E-state index is -0.789. The lowest BCUT2D eigenvalue weighted by Crippen LogP contribution is -2.45. The molecule has 2 aromatic carbocycles. The zero-order valence-corrected chi connectivity index (χ0v) is 19.4. The van der Waals surface area contributed by atoms with Crippen LogP contribution in [0, 0.1) is 11.6 Å². The average Bonchev–Trinajstić information content (AvgIpc) is 3.27. The van der Waals surface area contributed by atoms with Crippen molar-refractivity contribution in [2.24, 2.45) is 7.05 Å². The fourth-order valence-electron chi connectivity index (χ4n) is 4.65. The highest BCUT2D eigenvalue weighted by Crippen LogP contribution is 2.37. The summed E-state index contributed by atoms with van der Waals surface area (Å²) in [5.74, 6) is -1.11. The Morgan fingerprint density at radius 3 is 2.53 bits per heavy atom. The first-order valence-electron chi connectivity index (χ1n) is 11.1. The summed E-state index contributed by atoms with van der Waals surface area (Å²) in [6, 6.07) is 9.51. The van der Waals surface area contributed by atoms with Crippen molar-refractivity contribution in [3.05, 3.63) is 77.2 Å². The van der Waals surface area contributed by atoms with Gasteiger partial charge in [0.1, 0.15) is 38.6 Å². The van der Waals surface area contributed by atoms with Gasteiger partial charge in [-0.15, -0.1) is 0 Å². The quantitative estimate of drug-likeness (QED) is 0.431. The van der Waals surface area contributed by atoms with Crippen molar-refractivity contribution in [2.75, 3.05) is 6.61 Å². The molecular weight excluding hydrogens is 436 g/mol.